The van der Waals surface area contributed by atoms with Crippen molar-refractivity contribution in [1.82, 2.24) is 15.1 Å². The summed E-state index contributed by atoms with van der Waals surface area (Å²) in [5.41, 5.74) is 1.34. The van der Waals surface area contributed by atoms with Crippen LogP contribution in [-0.4, -0.2) is 55.0 Å². The van der Waals surface area contributed by atoms with Gasteiger partial charge in [0.1, 0.15) is 0 Å². The number of piperazine rings is 1. The molecular weight excluding hydrogens is 238 g/mol. The molecule has 1 heterocycles. The van der Waals surface area contributed by atoms with Gasteiger partial charge in [0.05, 0.1) is 6.04 Å². The number of nitrogens with one attached hydrogen (secondary N) is 1. The van der Waals surface area contributed by atoms with Gasteiger partial charge in [-0.3, -0.25) is 9.69 Å². The minimum atomic E-state index is -0.0827. The molecule has 1 aromatic carbocycles. The van der Waals surface area contributed by atoms with Crippen LogP contribution in [0.25, 0.3) is 0 Å². The minimum absolute atomic E-state index is 0.0827. The monoisotopic (exact) mass is 261 g/mol. The number of benzene rings is 1. The van der Waals surface area contributed by atoms with Crippen molar-refractivity contribution in [2.75, 3.05) is 33.2 Å². The lowest BCUT2D eigenvalue weighted by Gasteiger charge is -2.35. The standard InChI is InChI=1S/C15H23N3O/c1-13(16-2)15(19)18-10-8-17(9-11-18)12-14-6-4-3-5-7-14/h3-7,13,16H,8-12H2,1-2H3. The van der Waals surface area contributed by atoms with Crippen molar-refractivity contribution in [3.05, 3.63) is 35.9 Å². The Labute approximate surface area is 115 Å². The average molecular weight is 261 g/mol. The molecule has 0 aromatic heterocycles. The third-order valence-electron chi connectivity index (χ3n) is 3.74. The molecule has 4 nitrogen and oxygen atoms in total. The second kappa shape index (κ2) is 6.68. The number of carbonyl (C=O) groups is 1. The van der Waals surface area contributed by atoms with Gasteiger partial charge >= 0.3 is 0 Å². The van der Waals surface area contributed by atoms with Crippen molar-refractivity contribution in [3.8, 4) is 0 Å². The van der Waals surface area contributed by atoms with Gasteiger partial charge in [0.2, 0.25) is 5.91 Å². The van der Waals surface area contributed by atoms with Gasteiger partial charge in [0, 0.05) is 32.7 Å². The van der Waals surface area contributed by atoms with Crippen LogP contribution in [0.1, 0.15) is 12.5 Å². The molecule has 4 heteroatoms. The first-order valence-electron chi connectivity index (χ1n) is 6.93. The molecule has 19 heavy (non-hydrogen) atoms. The van der Waals surface area contributed by atoms with E-state index in [1.165, 1.54) is 5.56 Å². The summed E-state index contributed by atoms with van der Waals surface area (Å²) in [6.07, 6.45) is 0. The molecule has 1 amide bonds. The molecule has 1 unspecified atom stereocenters. The van der Waals surface area contributed by atoms with Gasteiger partial charge in [-0.05, 0) is 19.5 Å². The number of hydrogen-bond donors (Lipinski definition) is 1. The van der Waals surface area contributed by atoms with Gasteiger partial charge in [-0.15, -0.1) is 0 Å². The number of amides is 1. The van der Waals surface area contributed by atoms with Gasteiger partial charge in [0.25, 0.3) is 0 Å². The van der Waals surface area contributed by atoms with E-state index in [0.29, 0.717) is 0 Å². The molecule has 2 rings (SSSR count). The number of likely N-dealkylation sites (N-methyl/N-ethyl adjacent to an activating group) is 1. The van der Waals surface area contributed by atoms with Crippen LogP contribution in [-0.2, 0) is 11.3 Å². The molecule has 1 aliphatic rings. The van der Waals surface area contributed by atoms with E-state index < -0.39 is 0 Å². The maximum Gasteiger partial charge on any atom is 0.239 e. The summed E-state index contributed by atoms with van der Waals surface area (Å²) in [6.45, 7) is 6.46. The van der Waals surface area contributed by atoms with Gasteiger partial charge in [0.15, 0.2) is 0 Å². The van der Waals surface area contributed by atoms with Crippen molar-refractivity contribution in [1.29, 1.82) is 0 Å². The molecule has 0 saturated carbocycles. The fourth-order valence-electron chi connectivity index (χ4n) is 2.37. The summed E-state index contributed by atoms with van der Waals surface area (Å²) >= 11 is 0. The predicted molar refractivity (Wildman–Crippen MR) is 76.8 cm³/mol. The van der Waals surface area contributed by atoms with E-state index in [1.54, 1.807) is 0 Å². The van der Waals surface area contributed by atoms with Crippen LogP contribution in [0.2, 0.25) is 0 Å². The summed E-state index contributed by atoms with van der Waals surface area (Å²) in [7, 11) is 1.83. The van der Waals surface area contributed by atoms with Crippen molar-refractivity contribution >= 4 is 5.91 Å². The largest absolute Gasteiger partial charge is 0.339 e. The Balaban J connectivity index is 1.81. The van der Waals surface area contributed by atoms with E-state index in [1.807, 2.05) is 24.9 Å². The maximum atomic E-state index is 12.0. The highest BCUT2D eigenvalue weighted by atomic mass is 16.2. The molecule has 0 aliphatic carbocycles. The van der Waals surface area contributed by atoms with Crippen LogP contribution < -0.4 is 5.32 Å². The van der Waals surface area contributed by atoms with Crippen LogP contribution in [0.3, 0.4) is 0 Å². The highest BCUT2D eigenvalue weighted by Gasteiger charge is 2.23. The molecular formula is C15H23N3O. The van der Waals surface area contributed by atoms with Crippen LogP contribution >= 0.6 is 0 Å². The Morgan fingerprint density at radius 2 is 1.84 bits per heavy atom. The van der Waals surface area contributed by atoms with Gasteiger partial charge in [-0.25, -0.2) is 0 Å². The van der Waals surface area contributed by atoms with E-state index in [9.17, 15) is 4.79 Å². The van der Waals surface area contributed by atoms with Crippen molar-refractivity contribution in [3.63, 3.8) is 0 Å². The molecule has 0 bridgehead atoms. The first kappa shape index (κ1) is 14.0. The van der Waals surface area contributed by atoms with Gasteiger partial charge in [-0.1, -0.05) is 30.3 Å². The number of carbonyl (C=O) groups excluding carboxylic acids is 1. The predicted octanol–water partition coefficient (Wildman–Crippen LogP) is 0.939. The van der Waals surface area contributed by atoms with Crippen LogP contribution in [0.4, 0.5) is 0 Å². The van der Waals surface area contributed by atoms with E-state index in [4.69, 9.17) is 0 Å². The maximum absolute atomic E-state index is 12.0. The normalized spacial score (nSPS) is 18.3. The number of rotatable bonds is 4. The molecule has 0 radical (unpaired) electrons. The zero-order valence-corrected chi connectivity index (χ0v) is 11.8. The molecule has 1 aliphatic heterocycles. The summed E-state index contributed by atoms with van der Waals surface area (Å²) in [4.78, 5) is 16.4. The Bertz CT molecular complexity index is 399. The molecule has 0 spiro atoms. The Morgan fingerprint density at radius 1 is 1.21 bits per heavy atom. The topological polar surface area (TPSA) is 35.6 Å². The van der Waals surface area contributed by atoms with Crippen LogP contribution in [0, 0.1) is 0 Å². The summed E-state index contributed by atoms with van der Waals surface area (Å²) in [5, 5.41) is 3.01. The SMILES string of the molecule is CNC(C)C(=O)N1CCN(Cc2ccccc2)CC1. The first-order chi connectivity index (χ1) is 9.20. The minimum Gasteiger partial charge on any atom is -0.339 e. The highest BCUT2D eigenvalue weighted by Crippen LogP contribution is 2.09. The van der Waals surface area contributed by atoms with E-state index >= 15 is 0 Å². The zero-order chi connectivity index (χ0) is 13.7. The fourth-order valence-corrected chi connectivity index (χ4v) is 2.37. The van der Waals surface area contributed by atoms with E-state index in [-0.39, 0.29) is 11.9 Å². The third kappa shape index (κ3) is 3.78. The molecule has 104 valence electrons. The van der Waals surface area contributed by atoms with Crippen molar-refractivity contribution < 1.29 is 4.79 Å². The zero-order valence-electron chi connectivity index (χ0n) is 11.8. The lowest BCUT2D eigenvalue weighted by atomic mass is 10.2. The smallest absolute Gasteiger partial charge is 0.239 e. The average Bonchev–Trinajstić information content (AvgIpc) is 2.47. The van der Waals surface area contributed by atoms with E-state index in [2.05, 4.69) is 34.5 Å². The molecule has 1 aromatic rings. The van der Waals surface area contributed by atoms with Crippen LogP contribution in [0.5, 0.6) is 0 Å². The number of hydrogen-bond acceptors (Lipinski definition) is 3. The lowest BCUT2D eigenvalue weighted by molar-refractivity contribution is -0.134. The Hall–Kier alpha value is -1.39. The first-order valence-corrected chi connectivity index (χ1v) is 6.93. The highest BCUT2D eigenvalue weighted by molar-refractivity contribution is 5.81. The Kier molecular flexibility index (Phi) is 4.93. The molecule has 1 fully saturated rings. The van der Waals surface area contributed by atoms with Gasteiger partial charge in [-0.2, -0.15) is 0 Å². The van der Waals surface area contributed by atoms with Crippen molar-refractivity contribution in [2.45, 2.75) is 19.5 Å². The van der Waals surface area contributed by atoms with Gasteiger partial charge < -0.3 is 10.2 Å². The second-order valence-electron chi connectivity index (χ2n) is 5.10. The van der Waals surface area contributed by atoms with Crippen LogP contribution in [0.15, 0.2) is 30.3 Å². The quantitative estimate of drug-likeness (QED) is 0.876. The lowest BCUT2D eigenvalue weighted by Crippen LogP contribution is -2.52. The molecule has 1 saturated heterocycles. The summed E-state index contributed by atoms with van der Waals surface area (Å²) in [5.74, 6) is 0.210. The Morgan fingerprint density at radius 3 is 2.42 bits per heavy atom. The third-order valence-corrected chi connectivity index (χ3v) is 3.74. The van der Waals surface area contributed by atoms with Crippen molar-refractivity contribution in [2.24, 2.45) is 0 Å². The second-order valence-corrected chi connectivity index (χ2v) is 5.10. The fraction of sp³-hybridized carbons (Fsp3) is 0.533. The summed E-state index contributed by atoms with van der Waals surface area (Å²) in [6, 6.07) is 10.4. The summed E-state index contributed by atoms with van der Waals surface area (Å²) < 4.78 is 0. The molecule has 1 N–H and O–H groups in total. The number of nitrogens with zero attached hydrogens (tertiary/aromatic N) is 2. The molecule has 1 atom stereocenters. The van der Waals surface area contributed by atoms with E-state index in [0.717, 1.165) is 32.7 Å².